The largest absolute Gasteiger partial charge is 0.349 e. The van der Waals surface area contributed by atoms with Crippen molar-refractivity contribution in [2.45, 2.75) is 25.8 Å². The minimum absolute atomic E-state index is 0.00292. The molecule has 0 unspecified atom stereocenters. The molecule has 1 aliphatic rings. The van der Waals surface area contributed by atoms with Crippen LogP contribution in [0.15, 0.2) is 42.6 Å². The second-order valence-electron chi connectivity index (χ2n) is 5.01. The Morgan fingerprint density at radius 1 is 1.26 bits per heavy atom. The van der Waals surface area contributed by atoms with E-state index < -0.39 is 0 Å². The van der Waals surface area contributed by atoms with Gasteiger partial charge in [0.2, 0.25) is 0 Å². The topological polar surface area (TPSA) is 42.0 Å². The van der Waals surface area contributed by atoms with Gasteiger partial charge in [0.1, 0.15) is 0 Å². The van der Waals surface area contributed by atoms with Crippen molar-refractivity contribution in [1.29, 1.82) is 0 Å². The molecule has 0 atom stereocenters. The predicted molar refractivity (Wildman–Crippen MR) is 74.9 cm³/mol. The molecule has 19 heavy (non-hydrogen) atoms. The molecule has 1 heterocycles. The van der Waals surface area contributed by atoms with E-state index >= 15 is 0 Å². The Labute approximate surface area is 112 Å². The van der Waals surface area contributed by atoms with Crippen molar-refractivity contribution in [3.63, 3.8) is 0 Å². The predicted octanol–water partition coefficient (Wildman–Crippen LogP) is 2.95. The highest BCUT2D eigenvalue weighted by Gasteiger charge is 2.25. The zero-order chi connectivity index (χ0) is 13.2. The molecule has 2 aromatic rings. The average molecular weight is 252 g/mol. The van der Waals surface area contributed by atoms with Gasteiger partial charge in [-0.3, -0.25) is 9.78 Å². The van der Waals surface area contributed by atoms with E-state index in [2.05, 4.69) is 10.3 Å². The van der Waals surface area contributed by atoms with Crippen LogP contribution in [0.25, 0.3) is 11.3 Å². The fraction of sp³-hybridized carbons (Fsp3) is 0.250. The third kappa shape index (κ3) is 2.65. The Hall–Kier alpha value is -2.16. The van der Waals surface area contributed by atoms with Gasteiger partial charge in [0.25, 0.3) is 5.91 Å². The summed E-state index contributed by atoms with van der Waals surface area (Å²) in [5, 5.41) is 3.03. The van der Waals surface area contributed by atoms with E-state index in [0.29, 0.717) is 11.6 Å². The third-order valence-corrected chi connectivity index (χ3v) is 3.27. The molecule has 3 rings (SSSR count). The summed E-state index contributed by atoms with van der Waals surface area (Å²) in [5.74, 6) is 0.00292. The van der Waals surface area contributed by atoms with Gasteiger partial charge in [0, 0.05) is 23.4 Å². The quantitative estimate of drug-likeness (QED) is 0.912. The number of hydrogen-bond donors (Lipinski definition) is 1. The van der Waals surface area contributed by atoms with Crippen LogP contribution in [0.3, 0.4) is 0 Å². The molecule has 3 heteroatoms. The van der Waals surface area contributed by atoms with E-state index in [9.17, 15) is 4.79 Å². The van der Waals surface area contributed by atoms with Crippen LogP contribution in [0.4, 0.5) is 0 Å². The number of benzene rings is 1. The van der Waals surface area contributed by atoms with E-state index in [-0.39, 0.29) is 5.91 Å². The smallest absolute Gasteiger partial charge is 0.252 e. The van der Waals surface area contributed by atoms with E-state index in [0.717, 1.165) is 29.7 Å². The monoisotopic (exact) mass is 252 g/mol. The summed E-state index contributed by atoms with van der Waals surface area (Å²) in [5.41, 5.74) is 3.57. The van der Waals surface area contributed by atoms with Gasteiger partial charge in [-0.05, 0) is 44.0 Å². The molecule has 1 aromatic heterocycles. The number of carbonyl (C=O) groups is 1. The second-order valence-corrected chi connectivity index (χ2v) is 5.01. The van der Waals surface area contributed by atoms with Gasteiger partial charge in [-0.2, -0.15) is 0 Å². The molecular weight excluding hydrogens is 236 g/mol. The molecule has 0 radical (unpaired) electrons. The first kappa shape index (κ1) is 11.9. The first-order valence-electron chi connectivity index (χ1n) is 6.57. The van der Waals surface area contributed by atoms with Crippen LogP contribution in [-0.4, -0.2) is 16.9 Å². The number of pyridine rings is 1. The van der Waals surface area contributed by atoms with E-state index in [1.165, 1.54) is 0 Å². The van der Waals surface area contributed by atoms with Crippen LogP contribution >= 0.6 is 0 Å². The number of aromatic nitrogens is 1. The SMILES string of the molecule is Cc1ccc(C(=O)NC2CC2)c(-c2ccccn2)c1. The normalized spacial score (nSPS) is 14.2. The number of nitrogens with one attached hydrogen (secondary N) is 1. The van der Waals surface area contributed by atoms with Gasteiger partial charge in [-0.1, -0.05) is 17.7 Å². The molecule has 0 spiro atoms. The fourth-order valence-corrected chi connectivity index (χ4v) is 2.08. The molecule has 3 nitrogen and oxygen atoms in total. The molecule has 1 amide bonds. The Morgan fingerprint density at radius 2 is 2.11 bits per heavy atom. The van der Waals surface area contributed by atoms with Crippen molar-refractivity contribution in [3.05, 3.63) is 53.7 Å². The third-order valence-electron chi connectivity index (χ3n) is 3.27. The Kier molecular flexibility index (Phi) is 3.03. The Morgan fingerprint density at radius 3 is 2.79 bits per heavy atom. The van der Waals surface area contributed by atoms with Gasteiger partial charge in [0.05, 0.1) is 5.69 Å². The molecular formula is C16H16N2O. The maximum Gasteiger partial charge on any atom is 0.252 e. The fourth-order valence-electron chi connectivity index (χ4n) is 2.08. The number of nitrogens with zero attached hydrogens (tertiary/aromatic N) is 1. The van der Waals surface area contributed by atoms with Crippen LogP contribution < -0.4 is 5.32 Å². The Bertz CT molecular complexity index is 603. The lowest BCUT2D eigenvalue weighted by Crippen LogP contribution is -2.26. The van der Waals surface area contributed by atoms with Crippen molar-refractivity contribution in [3.8, 4) is 11.3 Å². The maximum atomic E-state index is 12.3. The first-order valence-corrected chi connectivity index (χ1v) is 6.57. The number of hydrogen-bond acceptors (Lipinski definition) is 2. The summed E-state index contributed by atoms with van der Waals surface area (Å²) < 4.78 is 0. The standard InChI is InChI=1S/C16H16N2O/c1-11-5-8-13(16(19)18-12-6-7-12)14(10-11)15-4-2-3-9-17-15/h2-5,8-10,12H,6-7H2,1H3,(H,18,19). The molecule has 96 valence electrons. The zero-order valence-electron chi connectivity index (χ0n) is 10.9. The number of rotatable bonds is 3. The van der Waals surface area contributed by atoms with E-state index in [1.807, 2.05) is 43.3 Å². The summed E-state index contributed by atoms with van der Waals surface area (Å²) in [6.07, 6.45) is 3.94. The van der Waals surface area contributed by atoms with Crippen LogP contribution in [0.2, 0.25) is 0 Å². The minimum atomic E-state index is 0.00292. The first-order chi connectivity index (χ1) is 9.24. The summed E-state index contributed by atoms with van der Waals surface area (Å²) in [4.78, 5) is 16.6. The minimum Gasteiger partial charge on any atom is -0.349 e. The molecule has 1 aliphatic carbocycles. The highest BCUT2D eigenvalue weighted by Crippen LogP contribution is 2.25. The highest BCUT2D eigenvalue weighted by atomic mass is 16.1. The maximum absolute atomic E-state index is 12.3. The van der Waals surface area contributed by atoms with Crippen molar-refractivity contribution in [1.82, 2.24) is 10.3 Å². The van der Waals surface area contributed by atoms with Crippen molar-refractivity contribution in [2.75, 3.05) is 0 Å². The summed E-state index contributed by atoms with van der Waals surface area (Å²) in [6, 6.07) is 12.0. The van der Waals surface area contributed by atoms with Crippen LogP contribution in [0.5, 0.6) is 0 Å². The number of carbonyl (C=O) groups excluding carboxylic acids is 1. The molecule has 1 N–H and O–H groups in total. The van der Waals surface area contributed by atoms with Crippen molar-refractivity contribution in [2.24, 2.45) is 0 Å². The van der Waals surface area contributed by atoms with E-state index in [1.54, 1.807) is 6.20 Å². The summed E-state index contributed by atoms with van der Waals surface area (Å²) in [6.45, 7) is 2.02. The number of aryl methyl sites for hydroxylation is 1. The highest BCUT2D eigenvalue weighted by molar-refractivity contribution is 6.00. The molecule has 0 bridgehead atoms. The Balaban J connectivity index is 2.01. The molecule has 0 aliphatic heterocycles. The lowest BCUT2D eigenvalue weighted by atomic mass is 10.0. The van der Waals surface area contributed by atoms with Gasteiger partial charge in [0.15, 0.2) is 0 Å². The summed E-state index contributed by atoms with van der Waals surface area (Å²) in [7, 11) is 0. The molecule has 1 aromatic carbocycles. The summed E-state index contributed by atoms with van der Waals surface area (Å²) >= 11 is 0. The van der Waals surface area contributed by atoms with Gasteiger partial charge < -0.3 is 5.32 Å². The van der Waals surface area contributed by atoms with Gasteiger partial charge in [-0.25, -0.2) is 0 Å². The van der Waals surface area contributed by atoms with E-state index in [4.69, 9.17) is 0 Å². The van der Waals surface area contributed by atoms with Crippen molar-refractivity contribution < 1.29 is 4.79 Å². The average Bonchev–Trinajstić information content (AvgIpc) is 3.23. The van der Waals surface area contributed by atoms with Crippen LogP contribution in [0.1, 0.15) is 28.8 Å². The lowest BCUT2D eigenvalue weighted by Gasteiger charge is -2.10. The van der Waals surface area contributed by atoms with Crippen molar-refractivity contribution >= 4 is 5.91 Å². The van der Waals surface area contributed by atoms with Gasteiger partial charge in [-0.15, -0.1) is 0 Å². The van der Waals surface area contributed by atoms with Gasteiger partial charge >= 0.3 is 0 Å². The number of amides is 1. The zero-order valence-corrected chi connectivity index (χ0v) is 10.9. The van der Waals surface area contributed by atoms with Crippen LogP contribution in [0, 0.1) is 6.92 Å². The molecule has 1 fully saturated rings. The molecule has 1 saturated carbocycles. The van der Waals surface area contributed by atoms with Crippen LogP contribution in [-0.2, 0) is 0 Å². The lowest BCUT2D eigenvalue weighted by molar-refractivity contribution is 0.0951. The second kappa shape index (κ2) is 4.84. The molecule has 0 saturated heterocycles.